The maximum Gasteiger partial charge on any atom is 0.0789 e. The Morgan fingerprint density at radius 2 is 2.08 bits per heavy atom. The molecule has 0 unspecified atom stereocenters. The Balaban J connectivity index is 2.45. The highest BCUT2D eigenvalue weighted by Crippen LogP contribution is 1.99. The van der Waals surface area contributed by atoms with E-state index in [1.165, 1.54) is 5.56 Å². The summed E-state index contributed by atoms with van der Waals surface area (Å²) in [5.74, 6) is 0. The van der Waals surface area contributed by atoms with Gasteiger partial charge < -0.3 is 5.32 Å². The van der Waals surface area contributed by atoms with Gasteiger partial charge >= 0.3 is 0 Å². The van der Waals surface area contributed by atoms with E-state index < -0.39 is 0 Å². The largest absolute Gasteiger partial charge is 0.356 e. The summed E-state index contributed by atoms with van der Waals surface area (Å²) < 4.78 is 0. The van der Waals surface area contributed by atoms with Gasteiger partial charge in [-0.3, -0.25) is 0 Å². The van der Waals surface area contributed by atoms with Gasteiger partial charge in [0.15, 0.2) is 0 Å². The van der Waals surface area contributed by atoms with Gasteiger partial charge in [0, 0.05) is 6.20 Å². The fourth-order valence-corrected chi connectivity index (χ4v) is 0.965. The van der Waals surface area contributed by atoms with Gasteiger partial charge in [-0.1, -0.05) is 49.5 Å². The first-order chi connectivity index (χ1) is 6.33. The predicted molar refractivity (Wildman–Crippen MR) is 61.5 cm³/mol. The van der Waals surface area contributed by atoms with Crippen molar-refractivity contribution < 1.29 is 0 Å². The first-order valence-electron chi connectivity index (χ1n) is 4.34. The molecule has 0 saturated carbocycles. The molecule has 1 N–H and O–H groups in total. The van der Waals surface area contributed by atoms with Crippen molar-refractivity contribution in [3.05, 3.63) is 42.1 Å². The molecule has 0 aromatic heterocycles. The second-order valence-corrected chi connectivity index (χ2v) is 3.16. The Morgan fingerprint density at radius 1 is 1.38 bits per heavy atom. The van der Waals surface area contributed by atoms with Crippen molar-refractivity contribution in [3.8, 4) is 0 Å². The number of hydrogen-bond donors (Lipinski definition) is 1. The van der Waals surface area contributed by atoms with Gasteiger partial charge in [-0.2, -0.15) is 0 Å². The van der Waals surface area contributed by atoms with Crippen molar-refractivity contribution in [2.24, 2.45) is 0 Å². The summed E-state index contributed by atoms with van der Waals surface area (Å²) in [6.45, 7) is 2.03. The van der Waals surface area contributed by atoms with Crippen LogP contribution in [0, 0.1) is 0 Å². The van der Waals surface area contributed by atoms with Crippen molar-refractivity contribution in [1.29, 1.82) is 0 Å². The summed E-state index contributed by atoms with van der Waals surface area (Å²) in [6.07, 6.45) is 4.76. The molecule has 2 heteroatoms. The van der Waals surface area contributed by atoms with Crippen LogP contribution in [-0.4, -0.2) is 4.99 Å². The molecule has 0 fully saturated rings. The standard InChI is InChI=1S/C11H13NS/c1-2-11(13)12-9-8-10-6-4-3-5-7-10/h3-9H,2H2,1H3,(H,12,13). The van der Waals surface area contributed by atoms with Crippen molar-refractivity contribution >= 4 is 23.3 Å². The third-order valence-corrected chi connectivity index (χ3v) is 2.05. The van der Waals surface area contributed by atoms with Crippen LogP contribution in [0.2, 0.25) is 0 Å². The quantitative estimate of drug-likeness (QED) is 0.737. The topological polar surface area (TPSA) is 12.0 Å². The van der Waals surface area contributed by atoms with E-state index in [-0.39, 0.29) is 0 Å². The van der Waals surface area contributed by atoms with E-state index in [0.717, 1.165) is 11.4 Å². The number of thiocarbonyl (C=S) groups is 1. The third kappa shape index (κ3) is 3.85. The van der Waals surface area contributed by atoms with Crippen LogP contribution in [0.4, 0.5) is 0 Å². The van der Waals surface area contributed by atoms with Gasteiger partial charge in [0.25, 0.3) is 0 Å². The van der Waals surface area contributed by atoms with Crippen molar-refractivity contribution in [2.75, 3.05) is 0 Å². The molecule has 0 saturated heterocycles. The van der Waals surface area contributed by atoms with Crippen LogP contribution in [0.3, 0.4) is 0 Å². The molecule has 68 valence electrons. The van der Waals surface area contributed by atoms with Crippen LogP contribution >= 0.6 is 12.2 Å². The fourth-order valence-electron chi connectivity index (χ4n) is 0.897. The summed E-state index contributed by atoms with van der Waals surface area (Å²) in [7, 11) is 0. The van der Waals surface area contributed by atoms with Crippen LogP contribution in [0.25, 0.3) is 6.08 Å². The molecule has 0 spiro atoms. The first kappa shape index (κ1) is 9.93. The molecule has 13 heavy (non-hydrogen) atoms. The second-order valence-electron chi connectivity index (χ2n) is 2.67. The van der Waals surface area contributed by atoms with Crippen molar-refractivity contribution in [2.45, 2.75) is 13.3 Å². The number of hydrogen-bond acceptors (Lipinski definition) is 1. The van der Waals surface area contributed by atoms with Crippen LogP contribution in [0.15, 0.2) is 36.5 Å². The third-order valence-electron chi connectivity index (χ3n) is 1.64. The normalized spacial score (nSPS) is 10.2. The molecule has 0 aliphatic heterocycles. The van der Waals surface area contributed by atoms with E-state index in [1.807, 2.05) is 49.5 Å². The van der Waals surface area contributed by atoms with Crippen molar-refractivity contribution in [3.63, 3.8) is 0 Å². The van der Waals surface area contributed by atoms with E-state index in [2.05, 4.69) is 5.32 Å². The molecule has 1 nitrogen and oxygen atoms in total. The Hall–Kier alpha value is -1.15. The van der Waals surface area contributed by atoms with Crippen LogP contribution in [-0.2, 0) is 0 Å². The Labute approximate surface area is 84.5 Å². The minimum Gasteiger partial charge on any atom is -0.356 e. The molecule has 1 aromatic rings. The zero-order valence-electron chi connectivity index (χ0n) is 7.66. The summed E-state index contributed by atoms with van der Waals surface area (Å²) in [6, 6.07) is 10.1. The molecular weight excluding hydrogens is 178 g/mol. The Bertz CT molecular complexity index is 290. The minimum absolute atomic E-state index is 0.868. The summed E-state index contributed by atoms with van der Waals surface area (Å²) in [5, 5.41) is 3.03. The monoisotopic (exact) mass is 191 g/mol. The average molecular weight is 191 g/mol. The van der Waals surface area contributed by atoms with Crippen LogP contribution < -0.4 is 5.32 Å². The van der Waals surface area contributed by atoms with Gasteiger partial charge in [-0.15, -0.1) is 0 Å². The molecule has 0 aliphatic rings. The molecule has 0 heterocycles. The van der Waals surface area contributed by atoms with Gasteiger partial charge in [0.1, 0.15) is 0 Å². The molecule has 1 aromatic carbocycles. The Morgan fingerprint density at radius 3 is 2.69 bits per heavy atom. The van der Waals surface area contributed by atoms with E-state index in [0.29, 0.717) is 0 Å². The smallest absolute Gasteiger partial charge is 0.0789 e. The van der Waals surface area contributed by atoms with E-state index in [9.17, 15) is 0 Å². The molecule has 0 atom stereocenters. The zero-order chi connectivity index (χ0) is 9.52. The molecule has 0 aliphatic carbocycles. The SMILES string of the molecule is CCC(=S)NC=Cc1ccccc1. The molecule has 0 amide bonds. The summed E-state index contributed by atoms with van der Waals surface area (Å²) >= 11 is 5.01. The summed E-state index contributed by atoms with van der Waals surface area (Å²) in [5.41, 5.74) is 1.17. The molecule has 0 radical (unpaired) electrons. The van der Waals surface area contributed by atoms with E-state index in [4.69, 9.17) is 12.2 Å². The van der Waals surface area contributed by atoms with Gasteiger partial charge in [0.2, 0.25) is 0 Å². The lowest BCUT2D eigenvalue weighted by Crippen LogP contribution is -2.12. The number of nitrogens with one attached hydrogen (secondary N) is 1. The molecular formula is C11H13NS. The number of rotatable bonds is 3. The van der Waals surface area contributed by atoms with Gasteiger partial charge in [-0.05, 0) is 18.1 Å². The van der Waals surface area contributed by atoms with Crippen LogP contribution in [0.1, 0.15) is 18.9 Å². The number of benzene rings is 1. The molecule has 1 rings (SSSR count). The lowest BCUT2D eigenvalue weighted by Gasteiger charge is -1.97. The van der Waals surface area contributed by atoms with Gasteiger partial charge in [-0.25, -0.2) is 0 Å². The maximum atomic E-state index is 5.01. The van der Waals surface area contributed by atoms with Crippen LogP contribution in [0.5, 0.6) is 0 Å². The highest BCUT2D eigenvalue weighted by Gasteiger charge is 1.85. The highest BCUT2D eigenvalue weighted by molar-refractivity contribution is 7.80. The molecule has 0 bridgehead atoms. The maximum absolute atomic E-state index is 5.01. The summed E-state index contributed by atoms with van der Waals surface area (Å²) in [4.78, 5) is 0.868. The lowest BCUT2D eigenvalue weighted by molar-refractivity contribution is 1.19. The second kappa shape index (κ2) is 5.49. The lowest BCUT2D eigenvalue weighted by atomic mass is 10.2. The average Bonchev–Trinajstić information content (AvgIpc) is 2.19. The highest BCUT2D eigenvalue weighted by atomic mass is 32.1. The Kier molecular flexibility index (Phi) is 4.19. The zero-order valence-corrected chi connectivity index (χ0v) is 8.47. The van der Waals surface area contributed by atoms with Crippen molar-refractivity contribution in [1.82, 2.24) is 5.32 Å². The predicted octanol–water partition coefficient (Wildman–Crippen LogP) is 2.98. The first-order valence-corrected chi connectivity index (χ1v) is 4.74. The van der Waals surface area contributed by atoms with E-state index in [1.54, 1.807) is 0 Å². The van der Waals surface area contributed by atoms with Gasteiger partial charge in [0.05, 0.1) is 4.99 Å². The van der Waals surface area contributed by atoms with E-state index >= 15 is 0 Å². The fraction of sp³-hybridized carbons (Fsp3) is 0.182. The minimum atomic E-state index is 0.868.